The first-order valence-electron chi connectivity index (χ1n) is 7.15. The van der Waals surface area contributed by atoms with E-state index in [4.69, 9.17) is 0 Å². The van der Waals surface area contributed by atoms with Crippen molar-refractivity contribution in [3.05, 3.63) is 0 Å². The molecule has 2 fully saturated rings. The van der Waals surface area contributed by atoms with E-state index in [0.717, 1.165) is 25.9 Å². The molecule has 0 spiro atoms. The SMILES string of the molecule is CCN(C(=O)[C@H]1[C@@H](C(=O)O)C1(C)C)C1CCNCC1. The first kappa shape index (κ1) is 14.3. The molecule has 108 valence electrons. The maximum atomic E-state index is 12.6. The molecule has 0 radical (unpaired) electrons. The summed E-state index contributed by atoms with van der Waals surface area (Å²) in [5.74, 6) is -1.67. The molecule has 5 nitrogen and oxygen atoms in total. The second kappa shape index (κ2) is 5.12. The van der Waals surface area contributed by atoms with Gasteiger partial charge in [-0.15, -0.1) is 0 Å². The molecule has 0 unspecified atom stereocenters. The molecule has 2 aliphatic rings. The van der Waals surface area contributed by atoms with E-state index in [2.05, 4.69) is 5.32 Å². The highest BCUT2D eigenvalue weighted by Crippen LogP contribution is 2.59. The lowest BCUT2D eigenvalue weighted by atomic mass is 10.0. The number of hydrogen-bond acceptors (Lipinski definition) is 3. The fourth-order valence-electron chi connectivity index (χ4n) is 3.45. The summed E-state index contributed by atoms with van der Waals surface area (Å²) in [6.45, 7) is 8.28. The average Bonchev–Trinajstić information content (AvgIpc) is 2.94. The van der Waals surface area contributed by atoms with Crippen molar-refractivity contribution in [2.75, 3.05) is 19.6 Å². The Hall–Kier alpha value is -1.10. The highest BCUT2D eigenvalue weighted by molar-refractivity contribution is 5.91. The number of carboxylic acid groups (broad SMARTS) is 1. The number of nitrogens with zero attached hydrogens (tertiary/aromatic N) is 1. The molecule has 1 saturated carbocycles. The van der Waals surface area contributed by atoms with Gasteiger partial charge in [-0.2, -0.15) is 0 Å². The highest BCUT2D eigenvalue weighted by atomic mass is 16.4. The smallest absolute Gasteiger partial charge is 0.307 e. The number of carboxylic acids is 1. The van der Waals surface area contributed by atoms with Gasteiger partial charge in [0.15, 0.2) is 0 Å². The van der Waals surface area contributed by atoms with E-state index >= 15 is 0 Å². The molecular weight excluding hydrogens is 244 g/mol. The Morgan fingerprint density at radius 2 is 1.84 bits per heavy atom. The molecule has 0 aromatic rings. The van der Waals surface area contributed by atoms with Crippen LogP contribution >= 0.6 is 0 Å². The molecule has 1 saturated heterocycles. The second-order valence-electron chi connectivity index (χ2n) is 6.22. The summed E-state index contributed by atoms with van der Waals surface area (Å²) in [5.41, 5.74) is -0.400. The van der Waals surface area contributed by atoms with Gasteiger partial charge in [-0.05, 0) is 38.3 Å². The summed E-state index contributed by atoms with van der Waals surface area (Å²) in [6, 6.07) is 0.268. The van der Waals surface area contributed by atoms with Crippen LogP contribution in [0.1, 0.15) is 33.6 Å². The number of carbonyl (C=O) groups is 2. The Balaban J connectivity index is 2.07. The minimum atomic E-state index is -0.843. The molecule has 2 N–H and O–H groups in total. The zero-order valence-electron chi connectivity index (χ0n) is 12.0. The lowest BCUT2D eigenvalue weighted by Crippen LogP contribution is -2.47. The zero-order valence-corrected chi connectivity index (χ0v) is 12.0. The molecule has 0 aromatic heterocycles. The number of piperidine rings is 1. The number of nitrogens with one attached hydrogen (secondary N) is 1. The van der Waals surface area contributed by atoms with Crippen molar-refractivity contribution in [1.29, 1.82) is 0 Å². The van der Waals surface area contributed by atoms with Gasteiger partial charge in [-0.25, -0.2) is 0 Å². The van der Waals surface area contributed by atoms with Crippen LogP contribution in [0.2, 0.25) is 0 Å². The second-order valence-corrected chi connectivity index (χ2v) is 6.22. The lowest BCUT2D eigenvalue weighted by Gasteiger charge is -2.34. The molecule has 1 aliphatic carbocycles. The third kappa shape index (κ3) is 2.48. The Labute approximate surface area is 114 Å². The molecule has 1 amide bonds. The van der Waals surface area contributed by atoms with Crippen molar-refractivity contribution in [3.8, 4) is 0 Å². The number of hydrogen-bond donors (Lipinski definition) is 2. The number of amides is 1. The normalized spacial score (nSPS) is 29.8. The summed E-state index contributed by atoms with van der Waals surface area (Å²) in [5, 5.41) is 12.5. The molecule has 1 heterocycles. The van der Waals surface area contributed by atoms with E-state index in [9.17, 15) is 14.7 Å². The fraction of sp³-hybridized carbons (Fsp3) is 0.857. The van der Waals surface area contributed by atoms with Crippen molar-refractivity contribution < 1.29 is 14.7 Å². The summed E-state index contributed by atoms with van der Waals surface area (Å²) in [7, 11) is 0. The van der Waals surface area contributed by atoms with Gasteiger partial charge in [0.1, 0.15) is 0 Å². The monoisotopic (exact) mass is 268 g/mol. The van der Waals surface area contributed by atoms with Crippen molar-refractivity contribution in [2.24, 2.45) is 17.3 Å². The first-order valence-corrected chi connectivity index (χ1v) is 7.15. The molecule has 5 heteroatoms. The minimum absolute atomic E-state index is 0.0341. The Kier molecular flexibility index (Phi) is 3.85. The maximum Gasteiger partial charge on any atom is 0.307 e. The van der Waals surface area contributed by atoms with Crippen LogP contribution in [0, 0.1) is 17.3 Å². The predicted octanol–water partition coefficient (Wildman–Crippen LogP) is 0.944. The van der Waals surface area contributed by atoms with E-state index in [1.54, 1.807) is 0 Å². The minimum Gasteiger partial charge on any atom is -0.481 e. The number of carbonyl (C=O) groups excluding carboxylic acids is 1. The van der Waals surface area contributed by atoms with Crippen LogP contribution in [-0.2, 0) is 9.59 Å². The van der Waals surface area contributed by atoms with Gasteiger partial charge in [0, 0.05) is 12.6 Å². The van der Waals surface area contributed by atoms with E-state index < -0.39 is 17.3 Å². The van der Waals surface area contributed by atoms with Crippen LogP contribution in [0.5, 0.6) is 0 Å². The average molecular weight is 268 g/mol. The fourth-order valence-corrected chi connectivity index (χ4v) is 3.45. The van der Waals surface area contributed by atoms with Gasteiger partial charge in [0.05, 0.1) is 11.8 Å². The molecule has 0 bridgehead atoms. The quantitative estimate of drug-likeness (QED) is 0.796. The van der Waals surface area contributed by atoms with Crippen LogP contribution in [0.4, 0.5) is 0 Å². The summed E-state index contributed by atoms with van der Waals surface area (Å²) in [6.07, 6.45) is 1.93. The molecule has 19 heavy (non-hydrogen) atoms. The Morgan fingerprint density at radius 1 is 1.26 bits per heavy atom. The van der Waals surface area contributed by atoms with Gasteiger partial charge in [-0.3, -0.25) is 9.59 Å². The molecule has 2 rings (SSSR count). The van der Waals surface area contributed by atoms with Crippen LogP contribution in [0.3, 0.4) is 0 Å². The summed E-state index contributed by atoms with van der Waals surface area (Å²) < 4.78 is 0. The third-order valence-electron chi connectivity index (χ3n) is 4.73. The van der Waals surface area contributed by atoms with Crippen LogP contribution in [-0.4, -0.2) is 47.6 Å². The Morgan fingerprint density at radius 3 is 2.26 bits per heavy atom. The molecular formula is C14H24N2O3. The standard InChI is InChI=1S/C14H24N2O3/c1-4-16(9-5-7-15-8-6-9)12(17)10-11(13(18)19)14(10,2)3/h9-11,15H,4-8H2,1-3H3,(H,18,19)/t10-,11+/m1/s1. The number of aliphatic carboxylic acids is 1. The highest BCUT2D eigenvalue weighted by Gasteiger charge is 2.66. The van der Waals surface area contributed by atoms with Crippen LogP contribution in [0.15, 0.2) is 0 Å². The van der Waals surface area contributed by atoms with Crippen molar-refractivity contribution in [2.45, 2.75) is 39.7 Å². The molecule has 1 aliphatic heterocycles. The largest absolute Gasteiger partial charge is 0.481 e. The zero-order chi connectivity index (χ0) is 14.2. The van der Waals surface area contributed by atoms with Gasteiger partial charge < -0.3 is 15.3 Å². The summed E-state index contributed by atoms with van der Waals surface area (Å²) >= 11 is 0. The molecule has 0 aromatic carbocycles. The van der Waals surface area contributed by atoms with Crippen molar-refractivity contribution in [3.63, 3.8) is 0 Å². The van der Waals surface area contributed by atoms with Crippen molar-refractivity contribution in [1.82, 2.24) is 10.2 Å². The van der Waals surface area contributed by atoms with E-state index in [1.165, 1.54) is 0 Å². The predicted molar refractivity (Wildman–Crippen MR) is 71.7 cm³/mol. The van der Waals surface area contributed by atoms with Gasteiger partial charge in [0.2, 0.25) is 5.91 Å². The van der Waals surface area contributed by atoms with Gasteiger partial charge >= 0.3 is 5.97 Å². The summed E-state index contributed by atoms with van der Waals surface area (Å²) in [4.78, 5) is 25.7. The Bertz CT molecular complexity index is 375. The lowest BCUT2D eigenvalue weighted by molar-refractivity contribution is -0.142. The number of rotatable bonds is 4. The van der Waals surface area contributed by atoms with Crippen LogP contribution < -0.4 is 5.32 Å². The third-order valence-corrected chi connectivity index (χ3v) is 4.73. The van der Waals surface area contributed by atoms with E-state index in [0.29, 0.717) is 6.54 Å². The maximum absolute atomic E-state index is 12.6. The van der Waals surface area contributed by atoms with E-state index in [1.807, 2.05) is 25.7 Å². The van der Waals surface area contributed by atoms with Crippen LogP contribution in [0.25, 0.3) is 0 Å². The van der Waals surface area contributed by atoms with Gasteiger partial charge in [-0.1, -0.05) is 13.8 Å². The van der Waals surface area contributed by atoms with E-state index in [-0.39, 0.29) is 17.9 Å². The first-order chi connectivity index (χ1) is 8.91. The van der Waals surface area contributed by atoms with Crippen molar-refractivity contribution >= 4 is 11.9 Å². The topological polar surface area (TPSA) is 69.6 Å². The van der Waals surface area contributed by atoms with Gasteiger partial charge in [0.25, 0.3) is 0 Å². The molecule has 2 atom stereocenters.